The second-order valence-corrected chi connectivity index (χ2v) is 8.31. The maximum absolute atomic E-state index is 12.4. The van der Waals surface area contributed by atoms with Crippen molar-refractivity contribution in [2.24, 2.45) is 11.8 Å². The zero-order valence-corrected chi connectivity index (χ0v) is 17.4. The molecule has 0 saturated carbocycles. The summed E-state index contributed by atoms with van der Waals surface area (Å²) in [6.45, 7) is 3.07. The molecule has 2 amide bonds. The van der Waals surface area contributed by atoms with Crippen molar-refractivity contribution in [3.8, 4) is 11.1 Å². The number of amides is 2. The van der Waals surface area contributed by atoms with Crippen LogP contribution < -0.4 is 5.32 Å². The minimum Gasteiger partial charge on any atom is -0.481 e. The number of benzene rings is 2. The number of carboxylic acid groups (broad SMARTS) is 1. The van der Waals surface area contributed by atoms with E-state index in [1.165, 1.54) is 11.1 Å². The number of hydrogen-bond acceptors (Lipinski definition) is 4. The van der Waals surface area contributed by atoms with E-state index in [4.69, 9.17) is 9.84 Å². The first-order valence-electron chi connectivity index (χ1n) is 10.5. The van der Waals surface area contributed by atoms with Gasteiger partial charge in [-0.15, -0.1) is 0 Å². The first kappa shape index (κ1) is 20.9. The highest BCUT2D eigenvalue weighted by Gasteiger charge is 2.34. The third-order valence-electron chi connectivity index (χ3n) is 6.05. The normalized spacial score (nSPS) is 16.1. The number of carbonyl (C=O) groups is 3. The molecule has 1 unspecified atom stereocenters. The molecule has 0 aromatic heterocycles. The number of hydrogen-bond donors (Lipinski definition) is 2. The Hall–Kier alpha value is -3.35. The second kappa shape index (κ2) is 8.79. The number of nitrogens with zero attached hydrogens (tertiary/aromatic N) is 1. The molecule has 1 aliphatic heterocycles. The van der Waals surface area contributed by atoms with E-state index in [2.05, 4.69) is 29.6 Å². The number of ether oxygens (including phenoxy) is 1. The summed E-state index contributed by atoms with van der Waals surface area (Å²) in [6.07, 6.45) is -0.468. The smallest absolute Gasteiger partial charge is 0.407 e. The van der Waals surface area contributed by atoms with Crippen LogP contribution in [0.4, 0.5) is 4.79 Å². The molecule has 0 spiro atoms. The predicted octanol–water partition coefficient (Wildman–Crippen LogP) is 3.09. The first-order valence-corrected chi connectivity index (χ1v) is 10.5. The lowest BCUT2D eigenvalue weighted by atomic mass is 9.94. The summed E-state index contributed by atoms with van der Waals surface area (Å²) in [5, 5.41) is 11.5. The Bertz CT molecular complexity index is 953. The van der Waals surface area contributed by atoms with Gasteiger partial charge in [-0.2, -0.15) is 0 Å². The van der Waals surface area contributed by atoms with Crippen molar-refractivity contribution >= 4 is 18.0 Å². The van der Waals surface area contributed by atoms with Crippen LogP contribution in [0, 0.1) is 11.8 Å². The molecule has 2 aromatic rings. The molecule has 1 aliphatic carbocycles. The highest BCUT2D eigenvalue weighted by Crippen LogP contribution is 2.44. The van der Waals surface area contributed by atoms with Gasteiger partial charge in [0.15, 0.2) is 0 Å². The molecule has 0 bridgehead atoms. The highest BCUT2D eigenvalue weighted by molar-refractivity contribution is 5.81. The summed E-state index contributed by atoms with van der Waals surface area (Å²) in [4.78, 5) is 37.0. The van der Waals surface area contributed by atoms with E-state index in [1.807, 2.05) is 24.3 Å². The molecule has 31 heavy (non-hydrogen) atoms. The maximum Gasteiger partial charge on any atom is 0.407 e. The summed E-state index contributed by atoms with van der Waals surface area (Å²) in [6, 6.07) is 16.3. The van der Waals surface area contributed by atoms with Crippen LogP contribution in [-0.2, 0) is 14.3 Å². The summed E-state index contributed by atoms with van der Waals surface area (Å²) in [7, 11) is 0. The van der Waals surface area contributed by atoms with Gasteiger partial charge in [0.2, 0.25) is 5.91 Å². The Balaban J connectivity index is 1.26. The van der Waals surface area contributed by atoms with Gasteiger partial charge in [-0.1, -0.05) is 55.5 Å². The minimum atomic E-state index is -0.845. The molecular formula is C24H26N2O5. The average Bonchev–Trinajstić information content (AvgIpc) is 3.06. The number of fused-ring (bicyclic) bond motifs is 3. The van der Waals surface area contributed by atoms with Crippen molar-refractivity contribution in [3.63, 3.8) is 0 Å². The fourth-order valence-corrected chi connectivity index (χ4v) is 4.41. The Labute approximate surface area is 181 Å². The zero-order chi connectivity index (χ0) is 22.0. The van der Waals surface area contributed by atoms with Crippen LogP contribution in [0.3, 0.4) is 0 Å². The van der Waals surface area contributed by atoms with Crippen molar-refractivity contribution in [2.45, 2.75) is 19.3 Å². The third kappa shape index (κ3) is 4.40. The SMILES string of the molecule is CC(CNC(=O)OCC1c2ccccc2-c2ccccc21)C(=O)N1CC(CC(=O)O)C1. The molecule has 162 valence electrons. The van der Waals surface area contributed by atoms with Crippen LogP contribution in [0.25, 0.3) is 11.1 Å². The summed E-state index contributed by atoms with van der Waals surface area (Å²) in [5.41, 5.74) is 4.63. The number of nitrogens with one attached hydrogen (secondary N) is 1. The van der Waals surface area contributed by atoms with Gasteiger partial charge in [0.1, 0.15) is 6.61 Å². The van der Waals surface area contributed by atoms with E-state index in [0.29, 0.717) is 13.1 Å². The van der Waals surface area contributed by atoms with Crippen LogP contribution >= 0.6 is 0 Å². The predicted molar refractivity (Wildman–Crippen MR) is 115 cm³/mol. The topological polar surface area (TPSA) is 95.9 Å². The fourth-order valence-electron chi connectivity index (χ4n) is 4.41. The molecular weight excluding hydrogens is 396 g/mol. The van der Waals surface area contributed by atoms with E-state index >= 15 is 0 Å². The van der Waals surface area contributed by atoms with Crippen molar-refractivity contribution in [2.75, 3.05) is 26.2 Å². The molecule has 1 saturated heterocycles. The van der Waals surface area contributed by atoms with Gasteiger partial charge in [0.05, 0.1) is 12.3 Å². The van der Waals surface area contributed by atoms with Gasteiger partial charge in [-0.05, 0) is 22.3 Å². The van der Waals surface area contributed by atoms with Crippen molar-refractivity contribution < 1.29 is 24.2 Å². The number of aliphatic carboxylic acids is 1. The Morgan fingerprint density at radius 3 is 2.23 bits per heavy atom. The van der Waals surface area contributed by atoms with Gasteiger partial charge < -0.3 is 20.1 Å². The van der Waals surface area contributed by atoms with Crippen molar-refractivity contribution in [3.05, 3.63) is 59.7 Å². The lowest BCUT2D eigenvalue weighted by Crippen LogP contribution is -2.53. The van der Waals surface area contributed by atoms with Gasteiger partial charge >= 0.3 is 12.1 Å². The van der Waals surface area contributed by atoms with Crippen molar-refractivity contribution in [1.82, 2.24) is 10.2 Å². The highest BCUT2D eigenvalue weighted by atomic mass is 16.5. The molecule has 1 atom stereocenters. The lowest BCUT2D eigenvalue weighted by Gasteiger charge is -2.40. The minimum absolute atomic E-state index is 0.00976. The summed E-state index contributed by atoms with van der Waals surface area (Å²) < 4.78 is 5.49. The number of carboxylic acids is 1. The van der Waals surface area contributed by atoms with E-state index in [0.717, 1.165) is 11.1 Å². The average molecular weight is 422 g/mol. The number of carbonyl (C=O) groups excluding carboxylic acids is 2. The van der Waals surface area contributed by atoms with E-state index in [1.54, 1.807) is 11.8 Å². The van der Waals surface area contributed by atoms with Crippen LogP contribution in [0.5, 0.6) is 0 Å². The van der Waals surface area contributed by atoms with Crippen LogP contribution in [-0.4, -0.2) is 54.2 Å². The number of rotatable bonds is 7. The molecule has 7 nitrogen and oxygen atoms in total. The van der Waals surface area contributed by atoms with Gasteiger partial charge in [-0.25, -0.2) is 4.79 Å². The molecule has 2 aliphatic rings. The number of likely N-dealkylation sites (tertiary alicyclic amines) is 1. The number of alkyl carbamates (subject to hydrolysis) is 1. The maximum atomic E-state index is 12.4. The molecule has 1 heterocycles. The monoisotopic (exact) mass is 422 g/mol. The van der Waals surface area contributed by atoms with Crippen LogP contribution in [0.15, 0.2) is 48.5 Å². The third-order valence-corrected chi connectivity index (χ3v) is 6.05. The molecule has 4 rings (SSSR count). The summed E-state index contributed by atoms with van der Waals surface area (Å²) >= 11 is 0. The van der Waals surface area contributed by atoms with Crippen LogP contribution in [0.2, 0.25) is 0 Å². The molecule has 0 radical (unpaired) electrons. The second-order valence-electron chi connectivity index (χ2n) is 8.31. The van der Waals surface area contributed by atoms with E-state index in [-0.39, 0.29) is 37.3 Å². The molecule has 2 aromatic carbocycles. The standard InChI is InChI=1S/C24H26N2O5/c1-15(23(29)26-12-16(13-26)10-22(27)28)11-25-24(30)31-14-21-19-8-4-2-6-17(19)18-7-3-5-9-20(18)21/h2-9,15-16,21H,10-14H2,1H3,(H,25,30)(H,27,28). The summed E-state index contributed by atoms with van der Waals surface area (Å²) in [5.74, 6) is -1.32. The quantitative estimate of drug-likeness (QED) is 0.715. The largest absolute Gasteiger partial charge is 0.481 e. The Morgan fingerprint density at radius 2 is 1.65 bits per heavy atom. The van der Waals surface area contributed by atoms with Gasteiger partial charge in [-0.3, -0.25) is 9.59 Å². The van der Waals surface area contributed by atoms with E-state index in [9.17, 15) is 14.4 Å². The molecule has 2 N–H and O–H groups in total. The zero-order valence-electron chi connectivity index (χ0n) is 17.4. The van der Waals surface area contributed by atoms with Crippen molar-refractivity contribution in [1.29, 1.82) is 0 Å². The fraction of sp³-hybridized carbons (Fsp3) is 0.375. The Morgan fingerprint density at radius 1 is 1.06 bits per heavy atom. The van der Waals surface area contributed by atoms with Crippen LogP contribution in [0.1, 0.15) is 30.4 Å². The lowest BCUT2D eigenvalue weighted by molar-refractivity contribution is -0.147. The molecule has 7 heteroatoms. The first-order chi connectivity index (χ1) is 14.9. The van der Waals surface area contributed by atoms with Gasteiger partial charge in [0.25, 0.3) is 0 Å². The van der Waals surface area contributed by atoms with Gasteiger partial charge in [0, 0.05) is 31.5 Å². The van der Waals surface area contributed by atoms with E-state index < -0.39 is 18.0 Å². The molecule has 1 fully saturated rings. The Kier molecular flexibility index (Phi) is 5.93.